The molecule has 0 saturated carbocycles. The lowest BCUT2D eigenvalue weighted by Gasteiger charge is -1.97. The zero-order valence-corrected chi connectivity index (χ0v) is 8.64. The highest BCUT2D eigenvalue weighted by atomic mass is 16.4. The number of carboxylic acid groups (broad SMARTS) is 1. The van der Waals surface area contributed by atoms with Crippen LogP contribution in [0.3, 0.4) is 0 Å². The molecule has 0 saturated heterocycles. The van der Waals surface area contributed by atoms with Gasteiger partial charge in [-0.3, -0.25) is 0 Å². The van der Waals surface area contributed by atoms with E-state index in [-0.39, 0.29) is 6.42 Å². The van der Waals surface area contributed by atoms with E-state index in [9.17, 15) is 9.90 Å². The lowest BCUT2D eigenvalue weighted by molar-refractivity contribution is -0.856. The molecule has 12 heavy (non-hydrogen) atoms. The van der Waals surface area contributed by atoms with Crippen molar-refractivity contribution in [1.29, 1.82) is 0 Å². The number of aliphatic carboxylic acids is 1. The summed E-state index contributed by atoms with van der Waals surface area (Å²) in [7, 11) is 4.28. The van der Waals surface area contributed by atoms with E-state index < -0.39 is 5.97 Å². The molecule has 0 aromatic carbocycles. The van der Waals surface area contributed by atoms with Gasteiger partial charge in [-0.15, -0.1) is 0 Å². The predicted molar refractivity (Wildman–Crippen MR) is 47.9 cm³/mol. The number of carbonyl (C=O) groups excluding carboxylic acids is 1. The third-order valence-corrected chi connectivity index (χ3v) is 1.44. The van der Waals surface area contributed by atoms with Gasteiger partial charge in [0.25, 0.3) is 0 Å². The van der Waals surface area contributed by atoms with E-state index in [0.717, 1.165) is 12.8 Å². The second-order valence-electron chi connectivity index (χ2n) is 3.04. The van der Waals surface area contributed by atoms with E-state index in [2.05, 4.69) is 21.0 Å². The maximum absolute atomic E-state index is 9.65. The molecule has 0 radical (unpaired) electrons. The van der Waals surface area contributed by atoms with Crippen LogP contribution < -0.4 is 10.0 Å². The van der Waals surface area contributed by atoms with E-state index in [1.807, 2.05) is 6.92 Å². The largest absolute Gasteiger partial charge is 0.550 e. The third-order valence-electron chi connectivity index (χ3n) is 1.44. The van der Waals surface area contributed by atoms with Gasteiger partial charge in [0.05, 0.1) is 20.6 Å². The zero-order chi connectivity index (χ0) is 9.98. The number of rotatable bonds is 4. The first kappa shape index (κ1) is 14.0. The second kappa shape index (κ2) is 10.4. The fourth-order valence-corrected chi connectivity index (χ4v) is 0.321. The van der Waals surface area contributed by atoms with Crippen LogP contribution in [-0.4, -0.2) is 26.6 Å². The van der Waals surface area contributed by atoms with Gasteiger partial charge in [0.15, 0.2) is 0 Å². The van der Waals surface area contributed by atoms with Crippen molar-refractivity contribution in [3.05, 3.63) is 0 Å². The first-order valence-electron chi connectivity index (χ1n) is 4.53. The van der Waals surface area contributed by atoms with Gasteiger partial charge in [0.2, 0.25) is 0 Å². The van der Waals surface area contributed by atoms with Gasteiger partial charge in [-0.05, 0) is 19.8 Å². The summed E-state index contributed by atoms with van der Waals surface area (Å²) in [6.07, 6.45) is 1.87. The molecule has 3 heteroatoms. The van der Waals surface area contributed by atoms with Gasteiger partial charge >= 0.3 is 0 Å². The van der Waals surface area contributed by atoms with Crippen molar-refractivity contribution in [3.63, 3.8) is 0 Å². The first-order chi connectivity index (χ1) is 5.54. The van der Waals surface area contributed by atoms with Crippen LogP contribution in [0.15, 0.2) is 0 Å². The van der Waals surface area contributed by atoms with E-state index in [0.29, 0.717) is 0 Å². The Morgan fingerprint density at radius 2 is 1.75 bits per heavy atom. The van der Waals surface area contributed by atoms with Gasteiger partial charge in [-0.25, -0.2) is 0 Å². The van der Waals surface area contributed by atoms with Crippen molar-refractivity contribution >= 4 is 5.97 Å². The van der Waals surface area contributed by atoms with Crippen molar-refractivity contribution in [3.8, 4) is 0 Å². The van der Waals surface area contributed by atoms with Crippen molar-refractivity contribution in [2.45, 2.75) is 33.1 Å². The Hall–Kier alpha value is -0.570. The molecule has 3 nitrogen and oxygen atoms in total. The highest BCUT2D eigenvalue weighted by molar-refractivity contribution is 5.63. The van der Waals surface area contributed by atoms with Gasteiger partial charge in [0, 0.05) is 5.97 Å². The highest BCUT2D eigenvalue weighted by Gasteiger charge is 1.80. The number of quaternary nitrogens is 1. The normalized spacial score (nSPS) is 9.08. The van der Waals surface area contributed by atoms with E-state index in [1.54, 1.807) is 0 Å². The molecule has 0 rings (SSSR count). The van der Waals surface area contributed by atoms with Crippen LogP contribution in [0.5, 0.6) is 0 Å². The molecule has 0 spiro atoms. The maximum atomic E-state index is 9.65. The number of unbranched alkanes of at least 4 members (excludes halogenated alkanes) is 1. The van der Waals surface area contributed by atoms with Crippen molar-refractivity contribution in [2.24, 2.45) is 0 Å². The molecule has 0 amide bonds. The number of nitrogens with one attached hydrogen (secondary N) is 1. The second-order valence-corrected chi connectivity index (χ2v) is 3.04. The molecule has 0 aliphatic rings. The molecule has 1 N–H and O–H groups in total. The zero-order valence-electron chi connectivity index (χ0n) is 8.64. The molecule has 0 aromatic rings. The van der Waals surface area contributed by atoms with Crippen LogP contribution in [0.25, 0.3) is 0 Å². The molecule has 0 unspecified atom stereocenters. The molecule has 74 valence electrons. The number of carboxylic acids is 1. The predicted octanol–water partition coefficient (Wildman–Crippen LogP) is -0.923. The number of carbonyl (C=O) groups is 1. The van der Waals surface area contributed by atoms with Crippen LogP contribution in [0.4, 0.5) is 0 Å². The fraction of sp³-hybridized carbons (Fsp3) is 0.889. The van der Waals surface area contributed by atoms with Crippen molar-refractivity contribution in [1.82, 2.24) is 0 Å². The summed E-state index contributed by atoms with van der Waals surface area (Å²) in [6, 6.07) is 0. The molecule has 0 atom stereocenters. The summed E-state index contributed by atoms with van der Waals surface area (Å²) < 4.78 is 0. The summed E-state index contributed by atoms with van der Waals surface area (Å²) in [4.78, 5) is 11.2. The molecular weight excluding hydrogens is 154 g/mol. The summed E-state index contributed by atoms with van der Waals surface area (Å²) in [5.74, 6) is -0.943. The molecule has 0 aromatic heterocycles. The lowest BCUT2D eigenvalue weighted by atomic mass is 10.3. The Balaban J connectivity index is 0. The van der Waals surface area contributed by atoms with Crippen molar-refractivity contribution in [2.75, 3.05) is 20.6 Å². The summed E-state index contributed by atoms with van der Waals surface area (Å²) in [6.45, 7) is 5.33. The SMILES string of the molecule is CCCCC(=O)[O-].CC[NH+](C)C. The maximum Gasteiger partial charge on any atom is 0.0738 e. The molecule has 0 fully saturated rings. The van der Waals surface area contributed by atoms with Gasteiger partial charge in [-0.2, -0.15) is 0 Å². The smallest absolute Gasteiger partial charge is 0.0738 e. The van der Waals surface area contributed by atoms with E-state index >= 15 is 0 Å². The van der Waals surface area contributed by atoms with E-state index in [1.165, 1.54) is 11.4 Å². The summed E-state index contributed by atoms with van der Waals surface area (Å²) >= 11 is 0. The van der Waals surface area contributed by atoms with Gasteiger partial charge in [0.1, 0.15) is 0 Å². The molecular formula is C9H21NO2. The van der Waals surface area contributed by atoms with Crippen molar-refractivity contribution < 1.29 is 14.8 Å². The Labute approximate surface area is 75.4 Å². The lowest BCUT2D eigenvalue weighted by Crippen LogP contribution is -3.05. The summed E-state index contributed by atoms with van der Waals surface area (Å²) in [5.41, 5.74) is 0. The first-order valence-corrected chi connectivity index (χ1v) is 4.53. The standard InChI is InChI=1S/C5H10O2.C4H11N/c1-2-3-4-5(6)7;1-4-5(2)3/h2-4H2,1H3,(H,6,7);4H2,1-3H3. The molecule has 0 aliphatic carbocycles. The minimum atomic E-state index is -0.943. The Bertz CT molecular complexity index is 103. The minimum absolute atomic E-state index is 0.205. The molecule has 0 aliphatic heterocycles. The van der Waals surface area contributed by atoms with Crippen LogP contribution in [0, 0.1) is 0 Å². The fourth-order valence-electron chi connectivity index (χ4n) is 0.321. The van der Waals surface area contributed by atoms with Crippen LogP contribution in [0.1, 0.15) is 33.1 Å². The monoisotopic (exact) mass is 175 g/mol. The highest BCUT2D eigenvalue weighted by Crippen LogP contribution is 1.89. The summed E-state index contributed by atoms with van der Waals surface area (Å²) in [5, 5.41) is 9.65. The average molecular weight is 175 g/mol. The van der Waals surface area contributed by atoms with E-state index in [4.69, 9.17) is 0 Å². The minimum Gasteiger partial charge on any atom is -0.550 e. The van der Waals surface area contributed by atoms with Crippen LogP contribution in [-0.2, 0) is 4.79 Å². The number of hydrogen-bond donors (Lipinski definition) is 1. The van der Waals surface area contributed by atoms with Crippen LogP contribution >= 0.6 is 0 Å². The average Bonchev–Trinajstić information content (AvgIpc) is 2.02. The quantitative estimate of drug-likeness (QED) is 0.600. The molecule has 0 heterocycles. The number of hydrogen-bond acceptors (Lipinski definition) is 2. The third kappa shape index (κ3) is 22.7. The van der Waals surface area contributed by atoms with Crippen LogP contribution in [0.2, 0.25) is 0 Å². The Morgan fingerprint density at radius 1 is 1.33 bits per heavy atom. The Morgan fingerprint density at radius 3 is 1.83 bits per heavy atom. The topological polar surface area (TPSA) is 44.6 Å². The van der Waals surface area contributed by atoms with Gasteiger partial charge in [-0.1, -0.05) is 13.3 Å². The van der Waals surface area contributed by atoms with Gasteiger partial charge < -0.3 is 14.8 Å². The Kier molecular flexibility index (Phi) is 12.2. The molecule has 0 bridgehead atoms.